The van der Waals surface area contributed by atoms with E-state index in [-0.39, 0.29) is 47.5 Å². The second-order valence-electron chi connectivity index (χ2n) is 10.5. The molecule has 4 heterocycles. The number of fused-ring (bicyclic) bond motifs is 2. The molecule has 0 radical (unpaired) electrons. The highest BCUT2D eigenvalue weighted by atomic mass is 19.1. The van der Waals surface area contributed by atoms with E-state index in [9.17, 15) is 23.6 Å². The van der Waals surface area contributed by atoms with Crippen molar-refractivity contribution in [2.24, 2.45) is 5.73 Å². The van der Waals surface area contributed by atoms with E-state index in [1.807, 2.05) is 24.4 Å². The lowest BCUT2D eigenvalue weighted by molar-refractivity contribution is 0.0916. The molecule has 43 heavy (non-hydrogen) atoms. The van der Waals surface area contributed by atoms with Crippen LogP contribution < -0.4 is 27.6 Å². The molecule has 1 aliphatic rings. The summed E-state index contributed by atoms with van der Waals surface area (Å²) in [5, 5.41) is 5.64. The lowest BCUT2D eigenvalue weighted by Gasteiger charge is -2.30. The number of benzene rings is 1. The van der Waals surface area contributed by atoms with Crippen molar-refractivity contribution in [3.05, 3.63) is 105 Å². The van der Waals surface area contributed by atoms with Crippen LogP contribution in [0.2, 0.25) is 0 Å². The lowest BCUT2D eigenvalue weighted by atomic mass is 9.90. The Hall–Kier alpha value is -5.17. The van der Waals surface area contributed by atoms with Gasteiger partial charge in [-0.3, -0.25) is 19.0 Å². The molecular weight excluding hydrogens is 555 g/mol. The molecule has 0 aliphatic heterocycles. The number of carbonyl (C=O) groups is 2. The highest BCUT2D eigenvalue weighted by Crippen LogP contribution is 2.28. The SMILES string of the molecule is NCCNC(=O)c1cccc(-n2c(=O)n([C@H]3CC[C@@H](NC(=O)c4cn5ccccc5n4)CC3)c(=O)c3cc(F)cnc32)c1. The fourth-order valence-corrected chi connectivity index (χ4v) is 5.59. The monoisotopic (exact) mass is 584 g/mol. The zero-order valence-corrected chi connectivity index (χ0v) is 23.1. The zero-order chi connectivity index (χ0) is 30.1. The van der Waals surface area contributed by atoms with E-state index in [0.717, 1.165) is 16.8 Å². The van der Waals surface area contributed by atoms with Crippen LogP contribution in [0.5, 0.6) is 0 Å². The van der Waals surface area contributed by atoms with Crippen LogP contribution in [0.1, 0.15) is 52.6 Å². The summed E-state index contributed by atoms with van der Waals surface area (Å²) in [4.78, 5) is 61.5. The minimum absolute atomic E-state index is 0.0134. The van der Waals surface area contributed by atoms with Crippen molar-refractivity contribution in [2.45, 2.75) is 37.8 Å². The van der Waals surface area contributed by atoms with Crippen LogP contribution in [0.3, 0.4) is 0 Å². The molecule has 0 unspecified atom stereocenters. The van der Waals surface area contributed by atoms with E-state index < -0.39 is 23.1 Å². The summed E-state index contributed by atoms with van der Waals surface area (Å²) in [5.41, 5.74) is 5.74. The van der Waals surface area contributed by atoms with Crippen LogP contribution in [-0.2, 0) is 0 Å². The Morgan fingerprint density at radius 2 is 1.84 bits per heavy atom. The van der Waals surface area contributed by atoms with E-state index in [4.69, 9.17) is 5.73 Å². The summed E-state index contributed by atoms with van der Waals surface area (Å²) in [6.07, 6.45) is 6.32. The summed E-state index contributed by atoms with van der Waals surface area (Å²) in [6.45, 7) is 0.544. The summed E-state index contributed by atoms with van der Waals surface area (Å²) < 4.78 is 18.4. The van der Waals surface area contributed by atoms with Gasteiger partial charge in [-0.05, 0) is 62.1 Å². The minimum atomic E-state index is -0.713. The molecule has 220 valence electrons. The number of rotatable bonds is 7. The number of nitrogens with one attached hydrogen (secondary N) is 2. The molecule has 13 heteroatoms. The average Bonchev–Trinajstić information content (AvgIpc) is 3.46. The fourth-order valence-electron chi connectivity index (χ4n) is 5.59. The van der Waals surface area contributed by atoms with E-state index >= 15 is 0 Å². The fraction of sp³-hybridized carbons (Fsp3) is 0.267. The van der Waals surface area contributed by atoms with Gasteiger partial charge in [0.2, 0.25) is 0 Å². The predicted molar refractivity (Wildman–Crippen MR) is 157 cm³/mol. The van der Waals surface area contributed by atoms with Crippen LogP contribution >= 0.6 is 0 Å². The van der Waals surface area contributed by atoms with Crippen molar-refractivity contribution in [3.8, 4) is 5.69 Å². The Balaban J connectivity index is 1.29. The van der Waals surface area contributed by atoms with Gasteiger partial charge in [-0.2, -0.15) is 0 Å². The van der Waals surface area contributed by atoms with Gasteiger partial charge in [-0.25, -0.2) is 23.7 Å². The van der Waals surface area contributed by atoms with E-state index in [0.29, 0.717) is 42.7 Å². The molecular formula is C30H29FN8O4. The predicted octanol–water partition coefficient (Wildman–Crippen LogP) is 1.94. The molecule has 12 nitrogen and oxygen atoms in total. The van der Waals surface area contributed by atoms with Crippen molar-refractivity contribution in [3.63, 3.8) is 0 Å². The molecule has 1 aromatic carbocycles. The van der Waals surface area contributed by atoms with E-state index in [1.54, 1.807) is 28.8 Å². The van der Waals surface area contributed by atoms with Gasteiger partial charge in [0.15, 0.2) is 5.65 Å². The van der Waals surface area contributed by atoms with Gasteiger partial charge in [0.25, 0.3) is 17.4 Å². The number of halogens is 1. The standard InChI is InChI=1S/C30H29FN8O4/c31-19-15-23-26(34-16-19)38(22-5-3-4-18(14-22)27(40)33-12-11-32)30(43)39(29(23)42)21-9-7-20(8-10-21)35-28(41)24-17-37-13-2-1-6-25(37)36-24/h1-6,13-17,20-21H,7-12,32H2,(H,33,40)(H,35,41)/t20-,21+. The lowest BCUT2D eigenvalue weighted by Crippen LogP contribution is -2.45. The molecule has 0 saturated heterocycles. The van der Waals surface area contributed by atoms with Crippen LogP contribution in [0.15, 0.2) is 76.7 Å². The second kappa shape index (κ2) is 11.6. The number of nitrogens with two attached hydrogens (primary N) is 1. The topological polar surface area (TPSA) is 158 Å². The van der Waals surface area contributed by atoms with Gasteiger partial charge in [0, 0.05) is 43.1 Å². The Morgan fingerprint density at radius 3 is 2.60 bits per heavy atom. The van der Waals surface area contributed by atoms with Crippen LogP contribution in [0.4, 0.5) is 4.39 Å². The van der Waals surface area contributed by atoms with Crippen LogP contribution in [0, 0.1) is 5.82 Å². The normalized spacial score (nSPS) is 16.8. The molecule has 1 aliphatic carbocycles. The second-order valence-corrected chi connectivity index (χ2v) is 10.5. The molecule has 0 bridgehead atoms. The molecule has 5 aromatic rings. The third-order valence-electron chi connectivity index (χ3n) is 7.68. The summed E-state index contributed by atoms with van der Waals surface area (Å²) in [7, 11) is 0. The maximum Gasteiger partial charge on any atom is 0.337 e. The first kappa shape index (κ1) is 28.0. The average molecular weight is 585 g/mol. The van der Waals surface area contributed by atoms with Gasteiger partial charge in [-0.15, -0.1) is 0 Å². The van der Waals surface area contributed by atoms with Crippen molar-refractivity contribution < 1.29 is 14.0 Å². The first-order chi connectivity index (χ1) is 20.8. The number of nitrogens with zero attached hydrogens (tertiary/aromatic N) is 5. The van der Waals surface area contributed by atoms with E-state index in [2.05, 4.69) is 20.6 Å². The van der Waals surface area contributed by atoms with Crippen LogP contribution in [-0.4, -0.2) is 54.4 Å². The van der Waals surface area contributed by atoms with Crippen molar-refractivity contribution in [2.75, 3.05) is 13.1 Å². The summed E-state index contributed by atoms with van der Waals surface area (Å²) in [6, 6.07) is 12.2. The zero-order valence-electron chi connectivity index (χ0n) is 23.1. The maximum absolute atomic E-state index is 14.3. The minimum Gasteiger partial charge on any atom is -0.351 e. The number of hydrogen-bond acceptors (Lipinski definition) is 7. The molecule has 1 saturated carbocycles. The molecule has 2 amide bonds. The van der Waals surface area contributed by atoms with Crippen LogP contribution in [0.25, 0.3) is 22.4 Å². The molecule has 1 fully saturated rings. The Morgan fingerprint density at radius 1 is 1.02 bits per heavy atom. The third-order valence-corrected chi connectivity index (χ3v) is 7.68. The number of carbonyl (C=O) groups excluding carboxylic acids is 2. The van der Waals surface area contributed by atoms with Gasteiger partial charge in [0.05, 0.1) is 17.3 Å². The largest absolute Gasteiger partial charge is 0.351 e. The smallest absolute Gasteiger partial charge is 0.337 e. The third kappa shape index (κ3) is 5.42. The van der Waals surface area contributed by atoms with Gasteiger partial charge >= 0.3 is 5.69 Å². The highest BCUT2D eigenvalue weighted by molar-refractivity contribution is 5.95. The molecule has 0 atom stereocenters. The Bertz CT molecular complexity index is 1940. The van der Waals surface area contributed by atoms with Gasteiger partial charge in [-0.1, -0.05) is 12.1 Å². The molecule has 0 spiro atoms. The Kier molecular flexibility index (Phi) is 7.55. The van der Waals surface area contributed by atoms with Crippen molar-refractivity contribution in [1.82, 2.24) is 34.1 Å². The summed E-state index contributed by atoms with van der Waals surface area (Å²) in [5.74, 6) is -1.38. The van der Waals surface area contributed by atoms with Crippen molar-refractivity contribution in [1.29, 1.82) is 0 Å². The number of pyridine rings is 2. The first-order valence-electron chi connectivity index (χ1n) is 14.0. The molecule has 4 N–H and O–H groups in total. The number of aromatic nitrogens is 5. The van der Waals surface area contributed by atoms with Gasteiger partial charge < -0.3 is 20.8 Å². The maximum atomic E-state index is 14.3. The number of amides is 2. The molecule has 6 rings (SSSR count). The Labute approximate surface area is 244 Å². The molecule has 4 aromatic heterocycles. The number of imidazole rings is 1. The highest BCUT2D eigenvalue weighted by Gasteiger charge is 2.28. The van der Waals surface area contributed by atoms with Crippen molar-refractivity contribution >= 4 is 28.5 Å². The summed E-state index contributed by atoms with van der Waals surface area (Å²) >= 11 is 0. The number of hydrogen-bond donors (Lipinski definition) is 3. The van der Waals surface area contributed by atoms with Gasteiger partial charge in [0.1, 0.15) is 17.2 Å². The first-order valence-corrected chi connectivity index (χ1v) is 14.0. The van der Waals surface area contributed by atoms with E-state index in [1.165, 1.54) is 10.6 Å². The quantitative estimate of drug-likeness (QED) is 0.264.